The zero-order valence-electron chi connectivity index (χ0n) is 11.8. The summed E-state index contributed by atoms with van der Waals surface area (Å²) in [5.41, 5.74) is 4.96. The summed E-state index contributed by atoms with van der Waals surface area (Å²) in [5, 5.41) is 0. The molecule has 1 heterocycles. The predicted molar refractivity (Wildman–Crippen MR) is 73.9 cm³/mol. The van der Waals surface area contributed by atoms with Crippen LogP contribution in [-0.2, 0) is 12.8 Å². The van der Waals surface area contributed by atoms with Crippen LogP contribution >= 0.6 is 0 Å². The van der Waals surface area contributed by atoms with Gasteiger partial charge >= 0.3 is 0 Å². The molecule has 0 aliphatic heterocycles. The minimum absolute atomic E-state index is 0.778. The van der Waals surface area contributed by atoms with Gasteiger partial charge in [0.25, 0.3) is 0 Å². The van der Waals surface area contributed by atoms with Crippen molar-refractivity contribution in [2.24, 2.45) is 5.84 Å². The van der Waals surface area contributed by atoms with E-state index >= 15 is 0 Å². The Morgan fingerprint density at radius 3 is 2.29 bits per heavy atom. The van der Waals surface area contributed by atoms with Gasteiger partial charge in [-0.05, 0) is 26.2 Å². The lowest BCUT2D eigenvalue weighted by Crippen LogP contribution is -2.15. The number of rotatable bonds is 5. The number of hydrazine groups is 1. The minimum Gasteiger partial charge on any atom is -0.308 e. The lowest BCUT2D eigenvalue weighted by atomic mass is 10.1. The minimum atomic E-state index is 0.778. The summed E-state index contributed by atoms with van der Waals surface area (Å²) >= 11 is 0. The normalized spacial score (nSPS) is 9.53. The highest BCUT2D eigenvalue weighted by Gasteiger charge is 2.10. The first-order chi connectivity index (χ1) is 8.22. The molecular formula is C13H26N4. The molecule has 3 N–H and O–H groups in total. The highest BCUT2D eigenvalue weighted by atomic mass is 15.3. The third-order valence-corrected chi connectivity index (χ3v) is 2.46. The van der Waals surface area contributed by atoms with Gasteiger partial charge in [0.05, 0.1) is 0 Å². The molecule has 0 bridgehead atoms. The number of unbranched alkanes of at least 4 members (excludes halogenated alkanes) is 1. The largest absolute Gasteiger partial charge is 0.308 e. The quantitative estimate of drug-likeness (QED) is 0.611. The molecule has 0 atom stereocenters. The second-order valence-electron chi connectivity index (χ2n) is 3.65. The summed E-state index contributed by atoms with van der Waals surface area (Å²) in [6.45, 7) is 10.2. The third-order valence-electron chi connectivity index (χ3n) is 2.46. The van der Waals surface area contributed by atoms with E-state index in [4.69, 9.17) is 5.84 Å². The molecule has 0 saturated carbocycles. The molecule has 0 aromatic carbocycles. The number of nitrogens with two attached hydrogens (primary N) is 1. The molecule has 0 aliphatic carbocycles. The van der Waals surface area contributed by atoms with Gasteiger partial charge in [-0.2, -0.15) is 0 Å². The monoisotopic (exact) mass is 238 g/mol. The van der Waals surface area contributed by atoms with Gasteiger partial charge in [-0.15, -0.1) is 0 Å². The van der Waals surface area contributed by atoms with Crippen LogP contribution in [0.3, 0.4) is 0 Å². The van der Waals surface area contributed by atoms with Gasteiger partial charge < -0.3 is 5.43 Å². The molecule has 0 radical (unpaired) electrons. The Hall–Kier alpha value is -1.16. The lowest BCUT2D eigenvalue weighted by molar-refractivity contribution is 0.770. The second kappa shape index (κ2) is 8.93. The van der Waals surface area contributed by atoms with E-state index in [1.807, 2.05) is 20.8 Å². The zero-order valence-corrected chi connectivity index (χ0v) is 11.8. The summed E-state index contributed by atoms with van der Waals surface area (Å²) in [6.07, 6.45) is 4.24. The number of anilines is 1. The van der Waals surface area contributed by atoms with Crippen LogP contribution in [0.15, 0.2) is 0 Å². The summed E-state index contributed by atoms with van der Waals surface area (Å²) < 4.78 is 0. The van der Waals surface area contributed by atoms with Crippen molar-refractivity contribution in [2.45, 2.75) is 60.3 Å². The molecule has 4 nitrogen and oxygen atoms in total. The van der Waals surface area contributed by atoms with Crippen LogP contribution in [0.2, 0.25) is 0 Å². The second-order valence-corrected chi connectivity index (χ2v) is 3.65. The van der Waals surface area contributed by atoms with Gasteiger partial charge in [-0.1, -0.05) is 34.1 Å². The van der Waals surface area contributed by atoms with Crippen molar-refractivity contribution in [1.82, 2.24) is 9.97 Å². The molecule has 0 fully saturated rings. The van der Waals surface area contributed by atoms with Crippen molar-refractivity contribution in [1.29, 1.82) is 0 Å². The summed E-state index contributed by atoms with van der Waals surface area (Å²) in [7, 11) is 0. The number of nitrogens with zero attached hydrogens (tertiary/aromatic N) is 2. The first-order valence-corrected chi connectivity index (χ1v) is 6.55. The maximum atomic E-state index is 5.47. The summed E-state index contributed by atoms with van der Waals surface area (Å²) in [6, 6.07) is 0. The van der Waals surface area contributed by atoms with Gasteiger partial charge in [0.1, 0.15) is 11.6 Å². The Bertz CT molecular complexity index is 298. The van der Waals surface area contributed by atoms with Crippen LogP contribution in [0, 0.1) is 6.92 Å². The molecule has 1 rings (SSSR count). The van der Waals surface area contributed by atoms with Crippen LogP contribution in [0.4, 0.5) is 5.82 Å². The molecule has 0 unspecified atom stereocenters. The smallest absolute Gasteiger partial charge is 0.147 e. The number of nitrogen functional groups attached to an aromatic ring is 1. The first-order valence-electron chi connectivity index (χ1n) is 6.55. The number of aryl methyl sites for hydroxylation is 2. The molecular weight excluding hydrogens is 212 g/mol. The van der Waals surface area contributed by atoms with Crippen molar-refractivity contribution < 1.29 is 0 Å². The average Bonchev–Trinajstić information content (AvgIpc) is 2.38. The molecule has 17 heavy (non-hydrogen) atoms. The number of hydrogen-bond acceptors (Lipinski definition) is 4. The maximum Gasteiger partial charge on any atom is 0.147 e. The molecule has 0 aliphatic rings. The van der Waals surface area contributed by atoms with E-state index in [9.17, 15) is 0 Å². The van der Waals surface area contributed by atoms with E-state index in [1.165, 1.54) is 12.0 Å². The van der Waals surface area contributed by atoms with Crippen molar-refractivity contribution in [3.63, 3.8) is 0 Å². The van der Waals surface area contributed by atoms with E-state index in [0.29, 0.717) is 0 Å². The molecule has 98 valence electrons. The Balaban J connectivity index is 0.00000121. The van der Waals surface area contributed by atoms with E-state index in [0.717, 1.165) is 36.6 Å². The van der Waals surface area contributed by atoms with Gasteiger partial charge in [-0.3, -0.25) is 0 Å². The van der Waals surface area contributed by atoms with Crippen LogP contribution < -0.4 is 11.3 Å². The highest BCUT2D eigenvalue weighted by molar-refractivity contribution is 5.45. The summed E-state index contributed by atoms with van der Waals surface area (Å²) in [5.74, 6) is 7.04. The fourth-order valence-electron chi connectivity index (χ4n) is 1.68. The Morgan fingerprint density at radius 2 is 1.82 bits per heavy atom. The summed E-state index contributed by atoms with van der Waals surface area (Å²) in [4.78, 5) is 8.75. The molecule has 1 aromatic heterocycles. The van der Waals surface area contributed by atoms with Gasteiger partial charge in [0, 0.05) is 11.3 Å². The van der Waals surface area contributed by atoms with Crippen molar-refractivity contribution in [3.05, 3.63) is 17.1 Å². The topological polar surface area (TPSA) is 63.8 Å². The van der Waals surface area contributed by atoms with Crippen molar-refractivity contribution in [3.8, 4) is 0 Å². The van der Waals surface area contributed by atoms with Gasteiger partial charge in [0.15, 0.2) is 0 Å². The van der Waals surface area contributed by atoms with E-state index in [1.54, 1.807) is 0 Å². The lowest BCUT2D eigenvalue weighted by Gasteiger charge is -2.12. The van der Waals surface area contributed by atoms with E-state index in [2.05, 4.69) is 29.2 Å². The van der Waals surface area contributed by atoms with E-state index < -0.39 is 0 Å². The Morgan fingerprint density at radius 1 is 1.18 bits per heavy atom. The Kier molecular flexibility index (Phi) is 8.32. The SMILES string of the molecule is CC.CCCCc1c(CC)nc(C)nc1NN. The zero-order chi connectivity index (χ0) is 13.3. The molecule has 4 heteroatoms. The standard InChI is InChI=1S/C11H20N4.C2H6/c1-4-6-7-9-10(5-2)13-8(3)14-11(9)15-12;1-2/h4-7,12H2,1-3H3,(H,13,14,15);1-2H3. The van der Waals surface area contributed by atoms with Crippen LogP contribution in [0.25, 0.3) is 0 Å². The molecule has 0 amide bonds. The molecule has 0 saturated heterocycles. The predicted octanol–water partition coefficient (Wildman–Crippen LogP) is 3.00. The Labute approximate surface area is 105 Å². The third kappa shape index (κ3) is 4.69. The first kappa shape index (κ1) is 15.8. The number of hydrogen-bond donors (Lipinski definition) is 2. The van der Waals surface area contributed by atoms with Crippen LogP contribution in [0.1, 0.15) is 57.6 Å². The van der Waals surface area contributed by atoms with E-state index in [-0.39, 0.29) is 0 Å². The van der Waals surface area contributed by atoms with Crippen molar-refractivity contribution >= 4 is 5.82 Å². The number of aromatic nitrogens is 2. The molecule has 1 aromatic rings. The van der Waals surface area contributed by atoms with Gasteiger partial charge in [0.2, 0.25) is 0 Å². The highest BCUT2D eigenvalue weighted by Crippen LogP contribution is 2.18. The van der Waals surface area contributed by atoms with Crippen LogP contribution in [-0.4, -0.2) is 9.97 Å². The van der Waals surface area contributed by atoms with Crippen molar-refractivity contribution in [2.75, 3.05) is 5.43 Å². The van der Waals surface area contributed by atoms with Gasteiger partial charge in [-0.25, -0.2) is 15.8 Å². The fraction of sp³-hybridized carbons (Fsp3) is 0.692. The average molecular weight is 238 g/mol. The number of nitrogens with one attached hydrogen (secondary N) is 1. The maximum absolute atomic E-state index is 5.47. The van der Waals surface area contributed by atoms with Crippen LogP contribution in [0.5, 0.6) is 0 Å². The molecule has 0 spiro atoms. The fourth-order valence-corrected chi connectivity index (χ4v) is 1.68.